The number of hydrogen-bond donors (Lipinski definition) is 2. The van der Waals surface area contributed by atoms with E-state index in [4.69, 9.17) is 0 Å². The number of nitrogens with zero attached hydrogens (tertiary/aromatic N) is 2. The molecule has 3 rings (SSSR count). The zero-order valence-electron chi connectivity index (χ0n) is 14.1. The molecule has 1 fully saturated rings. The van der Waals surface area contributed by atoms with E-state index in [0.717, 1.165) is 31.2 Å². The molecule has 1 heterocycles. The number of rotatable bonds is 5. The minimum absolute atomic E-state index is 0.205. The van der Waals surface area contributed by atoms with Crippen molar-refractivity contribution in [2.75, 3.05) is 0 Å². The molecular weight excluding hydrogens is 318 g/mol. The number of carbonyl (C=O) groups excluding carboxylic acids is 1. The summed E-state index contributed by atoms with van der Waals surface area (Å²) >= 11 is 0. The van der Waals surface area contributed by atoms with Crippen molar-refractivity contribution in [3.05, 3.63) is 53.9 Å². The molecule has 132 valence electrons. The number of aromatic nitrogens is 2. The van der Waals surface area contributed by atoms with E-state index in [2.05, 4.69) is 10.4 Å². The van der Waals surface area contributed by atoms with Crippen LogP contribution in [0, 0.1) is 5.92 Å². The lowest BCUT2D eigenvalue weighted by molar-refractivity contribution is -0.142. The monoisotopic (exact) mass is 341 g/mol. The maximum absolute atomic E-state index is 12.5. The first-order valence-electron chi connectivity index (χ1n) is 8.73. The van der Waals surface area contributed by atoms with Gasteiger partial charge in [0.15, 0.2) is 0 Å². The topological polar surface area (TPSA) is 84.2 Å². The largest absolute Gasteiger partial charge is 0.481 e. The van der Waals surface area contributed by atoms with Gasteiger partial charge in [-0.05, 0) is 36.6 Å². The van der Waals surface area contributed by atoms with Crippen molar-refractivity contribution in [3.63, 3.8) is 0 Å². The Hall–Kier alpha value is -2.63. The Balaban J connectivity index is 1.64. The lowest BCUT2D eigenvalue weighted by Crippen LogP contribution is -2.42. The fourth-order valence-corrected chi connectivity index (χ4v) is 3.37. The highest BCUT2D eigenvalue weighted by Crippen LogP contribution is 2.24. The first-order chi connectivity index (χ1) is 12.1. The number of aliphatic carboxylic acids is 1. The molecule has 0 bridgehead atoms. The van der Waals surface area contributed by atoms with Gasteiger partial charge in [0.2, 0.25) is 0 Å². The fraction of sp³-hybridized carbons (Fsp3) is 0.421. The van der Waals surface area contributed by atoms with E-state index in [1.54, 1.807) is 18.3 Å². The summed E-state index contributed by atoms with van der Waals surface area (Å²) in [6, 6.07) is 8.93. The van der Waals surface area contributed by atoms with Crippen LogP contribution in [0.15, 0.2) is 42.7 Å². The van der Waals surface area contributed by atoms with Gasteiger partial charge in [-0.1, -0.05) is 31.4 Å². The Kier molecular flexibility index (Phi) is 5.48. The van der Waals surface area contributed by atoms with E-state index in [1.807, 2.05) is 29.1 Å². The van der Waals surface area contributed by atoms with Gasteiger partial charge >= 0.3 is 5.97 Å². The van der Waals surface area contributed by atoms with Gasteiger partial charge in [0, 0.05) is 24.0 Å². The van der Waals surface area contributed by atoms with E-state index < -0.39 is 11.9 Å². The molecule has 1 aliphatic carbocycles. The van der Waals surface area contributed by atoms with E-state index in [1.165, 1.54) is 0 Å². The van der Waals surface area contributed by atoms with Crippen LogP contribution in [0.3, 0.4) is 0 Å². The quantitative estimate of drug-likeness (QED) is 0.819. The zero-order valence-corrected chi connectivity index (χ0v) is 14.1. The second kappa shape index (κ2) is 7.96. The van der Waals surface area contributed by atoms with Gasteiger partial charge in [0.05, 0.1) is 12.5 Å². The Labute approximate surface area is 146 Å². The Morgan fingerprint density at radius 1 is 1.16 bits per heavy atom. The van der Waals surface area contributed by atoms with Crippen LogP contribution >= 0.6 is 0 Å². The SMILES string of the molecule is O=C(N[C@H]1CCCCC[C@H]1C(=O)O)c1ccc(Cn2cccn2)cc1. The Morgan fingerprint density at radius 2 is 1.92 bits per heavy atom. The molecule has 1 aromatic heterocycles. The predicted octanol–water partition coefficient (Wildman–Crippen LogP) is 2.69. The smallest absolute Gasteiger partial charge is 0.308 e. The first-order valence-corrected chi connectivity index (χ1v) is 8.73. The summed E-state index contributed by atoms with van der Waals surface area (Å²) in [5.74, 6) is -1.52. The maximum Gasteiger partial charge on any atom is 0.308 e. The Bertz CT molecular complexity index is 710. The van der Waals surface area contributed by atoms with Crippen LogP contribution in [0.5, 0.6) is 0 Å². The molecule has 0 unspecified atom stereocenters. The van der Waals surface area contributed by atoms with Crippen LogP contribution < -0.4 is 5.32 Å². The molecule has 1 saturated carbocycles. The highest BCUT2D eigenvalue weighted by molar-refractivity contribution is 5.94. The third-order valence-corrected chi connectivity index (χ3v) is 4.77. The molecule has 2 N–H and O–H groups in total. The summed E-state index contributed by atoms with van der Waals surface area (Å²) in [5, 5.41) is 16.5. The number of nitrogens with one attached hydrogen (secondary N) is 1. The van der Waals surface area contributed by atoms with Gasteiger partial charge in [-0.25, -0.2) is 0 Å². The van der Waals surface area contributed by atoms with Crippen molar-refractivity contribution in [1.29, 1.82) is 0 Å². The van der Waals surface area contributed by atoms with E-state index in [9.17, 15) is 14.7 Å². The first kappa shape index (κ1) is 17.2. The van der Waals surface area contributed by atoms with Crippen LogP contribution in [-0.2, 0) is 11.3 Å². The molecule has 1 aliphatic rings. The second-order valence-electron chi connectivity index (χ2n) is 6.56. The number of carboxylic acids is 1. The Morgan fingerprint density at radius 3 is 2.60 bits per heavy atom. The van der Waals surface area contributed by atoms with Crippen LogP contribution in [0.4, 0.5) is 0 Å². The molecule has 6 nitrogen and oxygen atoms in total. The summed E-state index contributed by atoms with van der Waals surface area (Å²) < 4.78 is 1.82. The minimum atomic E-state index is -0.818. The number of amides is 1. The van der Waals surface area contributed by atoms with Crippen molar-refractivity contribution >= 4 is 11.9 Å². The molecule has 0 spiro atoms. The molecule has 6 heteroatoms. The summed E-state index contributed by atoms with van der Waals surface area (Å²) in [5.41, 5.74) is 1.61. The van der Waals surface area contributed by atoms with Crippen molar-refractivity contribution in [2.24, 2.45) is 5.92 Å². The summed E-state index contributed by atoms with van der Waals surface area (Å²) in [7, 11) is 0. The number of benzene rings is 1. The maximum atomic E-state index is 12.5. The molecule has 0 aliphatic heterocycles. The third-order valence-electron chi connectivity index (χ3n) is 4.77. The van der Waals surface area contributed by atoms with Gasteiger partial charge in [-0.2, -0.15) is 5.10 Å². The predicted molar refractivity (Wildman–Crippen MR) is 93.2 cm³/mol. The van der Waals surface area contributed by atoms with Crippen LogP contribution in [0.25, 0.3) is 0 Å². The second-order valence-corrected chi connectivity index (χ2v) is 6.56. The van der Waals surface area contributed by atoms with Crippen molar-refractivity contribution < 1.29 is 14.7 Å². The van der Waals surface area contributed by atoms with E-state index in [-0.39, 0.29) is 11.9 Å². The highest BCUT2D eigenvalue weighted by Gasteiger charge is 2.30. The lowest BCUT2D eigenvalue weighted by atomic mass is 9.94. The lowest BCUT2D eigenvalue weighted by Gasteiger charge is -2.23. The van der Waals surface area contributed by atoms with Crippen molar-refractivity contribution in [1.82, 2.24) is 15.1 Å². The third kappa shape index (κ3) is 4.47. The van der Waals surface area contributed by atoms with Gasteiger partial charge in [-0.3, -0.25) is 14.3 Å². The van der Waals surface area contributed by atoms with Gasteiger partial charge < -0.3 is 10.4 Å². The number of carbonyl (C=O) groups is 2. The minimum Gasteiger partial charge on any atom is -0.481 e. The normalized spacial score (nSPS) is 20.6. The van der Waals surface area contributed by atoms with Crippen molar-refractivity contribution in [2.45, 2.75) is 44.7 Å². The van der Waals surface area contributed by atoms with Gasteiger partial charge in [0.1, 0.15) is 0 Å². The molecule has 2 aromatic rings. The van der Waals surface area contributed by atoms with Crippen LogP contribution in [0.2, 0.25) is 0 Å². The number of carboxylic acid groups (broad SMARTS) is 1. The average molecular weight is 341 g/mol. The molecular formula is C19H23N3O3. The molecule has 1 amide bonds. The number of hydrogen-bond acceptors (Lipinski definition) is 3. The fourth-order valence-electron chi connectivity index (χ4n) is 3.37. The molecule has 1 aromatic carbocycles. The van der Waals surface area contributed by atoms with Gasteiger partial charge in [-0.15, -0.1) is 0 Å². The standard InChI is InChI=1S/C19H23N3O3/c23-18(21-17-6-3-1-2-5-16(17)19(24)25)15-9-7-14(8-10-15)13-22-12-4-11-20-22/h4,7-12,16-17H,1-3,5-6,13H2,(H,21,23)(H,24,25)/t16-,17+/m1/s1. The van der Waals surface area contributed by atoms with Crippen LogP contribution in [-0.4, -0.2) is 32.8 Å². The molecule has 0 radical (unpaired) electrons. The summed E-state index contributed by atoms with van der Waals surface area (Å²) in [6.45, 7) is 0.651. The van der Waals surface area contributed by atoms with Gasteiger partial charge in [0.25, 0.3) is 5.91 Å². The molecule has 0 saturated heterocycles. The average Bonchev–Trinajstić information content (AvgIpc) is 2.99. The molecule has 25 heavy (non-hydrogen) atoms. The summed E-state index contributed by atoms with van der Waals surface area (Å²) in [6.07, 6.45) is 7.86. The molecule has 2 atom stereocenters. The zero-order chi connectivity index (χ0) is 17.6. The van der Waals surface area contributed by atoms with Crippen LogP contribution in [0.1, 0.15) is 48.0 Å². The van der Waals surface area contributed by atoms with E-state index >= 15 is 0 Å². The van der Waals surface area contributed by atoms with E-state index in [0.29, 0.717) is 18.5 Å². The van der Waals surface area contributed by atoms with Crippen molar-refractivity contribution in [3.8, 4) is 0 Å². The summed E-state index contributed by atoms with van der Waals surface area (Å²) in [4.78, 5) is 24.0. The highest BCUT2D eigenvalue weighted by atomic mass is 16.4.